The van der Waals surface area contributed by atoms with Crippen LogP contribution in [-0.4, -0.2) is 10.1 Å². The molecule has 0 aliphatic heterocycles. The first-order valence-electron chi connectivity index (χ1n) is 5.63. The van der Waals surface area contributed by atoms with Crippen molar-refractivity contribution < 1.29 is 14.2 Å². The van der Waals surface area contributed by atoms with E-state index in [9.17, 15) is 9.50 Å². The zero-order valence-electron chi connectivity index (χ0n) is 10.2. The molecule has 5 heteroatoms. The van der Waals surface area contributed by atoms with Crippen LogP contribution in [-0.2, 0) is 0 Å². The molecule has 0 spiro atoms. The molecular formula is C14H11FN2O2. The van der Waals surface area contributed by atoms with Crippen molar-refractivity contribution >= 4 is 0 Å². The zero-order chi connectivity index (χ0) is 13.8. The smallest absolute Gasteiger partial charge is 0.225 e. The molecule has 0 fully saturated rings. The second-order valence-corrected chi connectivity index (χ2v) is 3.90. The highest BCUT2D eigenvalue weighted by Crippen LogP contribution is 2.30. The van der Waals surface area contributed by atoms with E-state index in [2.05, 4.69) is 4.98 Å². The molecule has 2 aromatic rings. The molecule has 96 valence electrons. The largest absolute Gasteiger partial charge is 0.437 e. The lowest BCUT2D eigenvalue weighted by Gasteiger charge is -2.12. The van der Waals surface area contributed by atoms with E-state index in [1.807, 2.05) is 0 Å². The van der Waals surface area contributed by atoms with E-state index >= 15 is 0 Å². The van der Waals surface area contributed by atoms with E-state index < -0.39 is 11.9 Å². The predicted molar refractivity (Wildman–Crippen MR) is 66.1 cm³/mol. The molecule has 0 saturated heterocycles. The lowest BCUT2D eigenvalue weighted by molar-refractivity contribution is 0.194. The van der Waals surface area contributed by atoms with Gasteiger partial charge in [-0.05, 0) is 31.2 Å². The minimum Gasteiger partial charge on any atom is -0.437 e. The first kappa shape index (κ1) is 13.0. The molecule has 0 amide bonds. The fourth-order valence-corrected chi connectivity index (χ4v) is 1.61. The summed E-state index contributed by atoms with van der Waals surface area (Å²) in [5.74, 6) is -0.433. The Kier molecular flexibility index (Phi) is 3.74. The summed E-state index contributed by atoms with van der Waals surface area (Å²) in [5, 5.41) is 18.5. The molecule has 1 unspecified atom stereocenters. The summed E-state index contributed by atoms with van der Waals surface area (Å²) in [5.41, 5.74) is 0.278. The third-order valence-electron chi connectivity index (χ3n) is 2.54. The highest BCUT2D eigenvalue weighted by molar-refractivity contribution is 5.46. The second kappa shape index (κ2) is 5.46. The van der Waals surface area contributed by atoms with Crippen molar-refractivity contribution in [1.29, 1.82) is 5.26 Å². The van der Waals surface area contributed by atoms with E-state index in [1.165, 1.54) is 24.4 Å². The van der Waals surface area contributed by atoms with Crippen molar-refractivity contribution in [2.24, 2.45) is 0 Å². The molecule has 4 nitrogen and oxygen atoms in total. The first-order valence-corrected chi connectivity index (χ1v) is 5.63. The number of aliphatic hydroxyl groups is 1. The van der Waals surface area contributed by atoms with Crippen LogP contribution < -0.4 is 4.74 Å². The number of aliphatic hydroxyl groups excluding tert-OH is 1. The Morgan fingerprint density at radius 1 is 1.37 bits per heavy atom. The van der Waals surface area contributed by atoms with E-state index in [0.29, 0.717) is 5.56 Å². The minimum absolute atomic E-state index is 0.0723. The number of benzene rings is 1. The maximum absolute atomic E-state index is 13.4. The van der Waals surface area contributed by atoms with Gasteiger partial charge in [-0.2, -0.15) is 5.26 Å². The molecule has 0 aliphatic rings. The van der Waals surface area contributed by atoms with Crippen LogP contribution in [0.5, 0.6) is 11.6 Å². The fraction of sp³-hybridized carbons (Fsp3) is 0.143. The van der Waals surface area contributed by atoms with Gasteiger partial charge < -0.3 is 9.84 Å². The molecule has 1 N–H and O–H groups in total. The molecule has 1 heterocycles. The van der Waals surface area contributed by atoms with Crippen molar-refractivity contribution in [3.05, 3.63) is 53.5 Å². The summed E-state index contributed by atoms with van der Waals surface area (Å²) < 4.78 is 18.9. The molecular weight excluding hydrogens is 247 g/mol. The van der Waals surface area contributed by atoms with Gasteiger partial charge in [0.2, 0.25) is 5.88 Å². The highest BCUT2D eigenvalue weighted by atomic mass is 19.1. The normalized spacial score (nSPS) is 11.7. The number of nitriles is 1. The van der Waals surface area contributed by atoms with Gasteiger partial charge in [-0.15, -0.1) is 0 Å². The molecule has 1 aromatic heterocycles. The van der Waals surface area contributed by atoms with Gasteiger partial charge in [-0.3, -0.25) is 0 Å². The van der Waals surface area contributed by atoms with E-state index in [1.54, 1.807) is 25.1 Å². The van der Waals surface area contributed by atoms with Crippen LogP contribution in [0.15, 0.2) is 36.5 Å². The third kappa shape index (κ3) is 2.69. The van der Waals surface area contributed by atoms with Crippen LogP contribution in [0.25, 0.3) is 0 Å². The van der Waals surface area contributed by atoms with E-state index in [4.69, 9.17) is 10.00 Å². The molecule has 2 rings (SSSR count). The lowest BCUT2D eigenvalue weighted by atomic mass is 10.1. The standard InChI is InChI=1S/C14H11FN2O2/c1-9(18)10-4-3-7-17-14(10)19-13-6-2-5-12(15)11(13)8-16/h2-7,9,18H,1H3. The number of halogens is 1. The highest BCUT2D eigenvalue weighted by Gasteiger charge is 2.14. The Labute approximate surface area is 109 Å². The lowest BCUT2D eigenvalue weighted by Crippen LogP contribution is -1.99. The van der Waals surface area contributed by atoms with Gasteiger partial charge in [0, 0.05) is 11.8 Å². The van der Waals surface area contributed by atoms with E-state index in [-0.39, 0.29) is 17.2 Å². The molecule has 1 atom stereocenters. The summed E-state index contributed by atoms with van der Waals surface area (Å²) >= 11 is 0. The monoisotopic (exact) mass is 258 g/mol. The zero-order valence-corrected chi connectivity index (χ0v) is 10.2. The Bertz CT molecular complexity index is 636. The average Bonchev–Trinajstić information content (AvgIpc) is 2.39. The molecule has 0 aliphatic carbocycles. The first-order chi connectivity index (χ1) is 9.13. The Balaban J connectivity index is 2.43. The van der Waals surface area contributed by atoms with Crippen LogP contribution in [0.2, 0.25) is 0 Å². The third-order valence-corrected chi connectivity index (χ3v) is 2.54. The van der Waals surface area contributed by atoms with Crippen LogP contribution in [0.3, 0.4) is 0 Å². The summed E-state index contributed by atoms with van der Waals surface area (Å²) in [6.07, 6.45) is 0.717. The quantitative estimate of drug-likeness (QED) is 0.919. The van der Waals surface area contributed by atoms with Crippen molar-refractivity contribution in [3.8, 4) is 17.7 Å². The van der Waals surface area contributed by atoms with Gasteiger partial charge in [0.05, 0.1) is 6.10 Å². The summed E-state index contributed by atoms with van der Waals surface area (Å²) in [7, 11) is 0. The summed E-state index contributed by atoms with van der Waals surface area (Å²) in [6.45, 7) is 1.57. The number of nitrogens with zero attached hydrogens (tertiary/aromatic N) is 2. The van der Waals surface area contributed by atoms with Gasteiger partial charge in [-0.1, -0.05) is 6.07 Å². The summed E-state index contributed by atoms with van der Waals surface area (Å²) in [4.78, 5) is 3.99. The maximum Gasteiger partial charge on any atom is 0.225 e. The number of aromatic nitrogens is 1. The van der Waals surface area contributed by atoms with Crippen molar-refractivity contribution in [1.82, 2.24) is 4.98 Å². The van der Waals surface area contributed by atoms with Crippen molar-refractivity contribution in [2.75, 3.05) is 0 Å². The van der Waals surface area contributed by atoms with Crippen molar-refractivity contribution in [2.45, 2.75) is 13.0 Å². The topological polar surface area (TPSA) is 66.1 Å². The van der Waals surface area contributed by atoms with Crippen molar-refractivity contribution in [3.63, 3.8) is 0 Å². The second-order valence-electron chi connectivity index (χ2n) is 3.90. The van der Waals surface area contributed by atoms with Gasteiger partial charge in [0.15, 0.2) is 0 Å². The molecule has 0 saturated carbocycles. The Morgan fingerprint density at radius 3 is 2.84 bits per heavy atom. The van der Waals surface area contributed by atoms with Crippen LogP contribution in [0, 0.1) is 17.1 Å². The molecule has 0 bridgehead atoms. The Morgan fingerprint density at radius 2 is 2.16 bits per heavy atom. The minimum atomic E-state index is -0.775. The number of rotatable bonds is 3. The predicted octanol–water partition coefficient (Wildman–Crippen LogP) is 2.94. The van der Waals surface area contributed by atoms with E-state index in [0.717, 1.165) is 0 Å². The average molecular weight is 258 g/mol. The molecule has 0 radical (unpaired) electrons. The van der Waals surface area contributed by atoms with Gasteiger partial charge in [0.1, 0.15) is 23.2 Å². The Hall–Kier alpha value is -2.45. The summed E-state index contributed by atoms with van der Waals surface area (Å²) in [6, 6.07) is 9.15. The van der Waals surface area contributed by atoms with Crippen LogP contribution in [0.4, 0.5) is 4.39 Å². The number of hydrogen-bond donors (Lipinski definition) is 1. The fourth-order valence-electron chi connectivity index (χ4n) is 1.61. The van der Waals surface area contributed by atoms with Gasteiger partial charge in [-0.25, -0.2) is 9.37 Å². The van der Waals surface area contributed by atoms with Gasteiger partial charge in [0.25, 0.3) is 0 Å². The number of ether oxygens (including phenoxy) is 1. The number of hydrogen-bond acceptors (Lipinski definition) is 4. The molecule has 19 heavy (non-hydrogen) atoms. The van der Waals surface area contributed by atoms with Crippen LogP contribution in [0.1, 0.15) is 24.2 Å². The van der Waals surface area contributed by atoms with Gasteiger partial charge >= 0.3 is 0 Å². The maximum atomic E-state index is 13.4. The molecule has 1 aromatic carbocycles. The van der Waals surface area contributed by atoms with Crippen LogP contribution >= 0.6 is 0 Å². The number of pyridine rings is 1. The SMILES string of the molecule is CC(O)c1cccnc1Oc1cccc(F)c1C#N.